The fraction of sp³-hybridized carbons (Fsp3) is 0.440. The summed E-state index contributed by atoms with van der Waals surface area (Å²) in [6, 6.07) is 10.9. The van der Waals surface area contributed by atoms with Gasteiger partial charge in [-0.15, -0.1) is 0 Å². The maximum absolute atomic E-state index is 13.5. The van der Waals surface area contributed by atoms with Gasteiger partial charge in [-0.2, -0.15) is 0 Å². The highest BCUT2D eigenvalue weighted by molar-refractivity contribution is 5.79. The fourth-order valence-corrected chi connectivity index (χ4v) is 5.72. The second-order valence-electron chi connectivity index (χ2n) is 8.78. The summed E-state index contributed by atoms with van der Waals surface area (Å²) in [6.07, 6.45) is 13.2. The van der Waals surface area contributed by atoms with Gasteiger partial charge in [-0.1, -0.05) is 43.2 Å². The molecule has 29 heavy (non-hydrogen) atoms. The first-order valence-electron chi connectivity index (χ1n) is 10.9. The molecule has 1 aliphatic carbocycles. The summed E-state index contributed by atoms with van der Waals surface area (Å²) in [7, 11) is 0. The first-order valence-corrected chi connectivity index (χ1v) is 10.9. The standard InChI is InChI=1S/C25H27FN2O/c26-20-6-3-5-18(14-20)23-11-9-17(15-27-23)8-10-22-21-7-2-1-4-19(21)16-28-24(22)12-13-25(28)29/h3,5-6,8-11,14-15,19,21-22,24H,1-2,4,7,12-13,16H2/t19?,21?,22?,24-/m1/s1. The van der Waals surface area contributed by atoms with Crippen LogP contribution in [-0.4, -0.2) is 28.4 Å². The number of hydrogen-bond donors (Lipinski definition) is 0. The van der Waals surface area contributed by atoms with E-state index < -0.39 is 0 Å². The first-order chi connectivity index (χ1) is 14.2. The Hall–Kier alpha value is -2.49. The lowest BCUT2D eigenvalue weighted by molar-refractivity contribution is -0.133. The number of hydrogen-bond acceptors (Lipinski definition) is 2. The summed E-state index contributed by atoms with van der Waals surface area (Å²) in [4.78, 5) is 19.1. The van der Waals surface area contributed by atoms with Gasteiger partial charge in [0.25, 0.3) is 0 Å². The first kappa shape index (κ1) is 18.5. The topological polar surface area (TPSA) is 33.2 Å². The lowest BCUT2D eigenvalue weighted by atomic mass is 9.67. The van der Waals surface area contributed by atoms with Gasteiger partial charge in [0, 0.05) is 36.7 Å². The van der Waals surface area contributed by atoms with Crippen LogP contribution >= 0.6 is 0 Å². The van der Waals surface area contributed by atoms with Crippen LogP contribution < -0.4 is 0 Å². The molecule has 3 heterocycles. The molecular formula is C25H27FN2O. The van der Waals surface area contributed by atoms with Crippen LogP contribution in [0.15, 0.2) is 48.7 Å². The minimum Gasteiger partial charge on any atom is -0.339 e. The Bertz CT molecular complexity index is 923. The van der Waals surface area contributed by atoms with Crippen LogP contribution in [0.5, 0.6) is 0 Å². The normalized spacial score (nSPS) is 29.1. The Morgan fingerprint density at radius 1 is 1.10 bits per heavy atom. The zero-order valence-electron chi connectivity index (χ0n) is 16.6. The van der Waals surface area contributed by atoms with Crippen LogP contribution in [0.2, 0.25) is 0 Å². The number of rotatable bonds is 3. The van der Waals surface area contributed by atoms with Crippen molar-refractivity contribution in [3.8, 4) is 11.3 Å². The van der Waals surface area contributed by atoms with Crippen LogP contribution in [0.25, 0.3) is 17.3 Å². The highest BCUT2D eigenvalue weighted by Gasteiger charge is 2.47. The van der Waals surface area contributed by atoms with E-state index in [0.29, 0.717) is 36.1 Å². The molecule has 2 aromatic rings. The number of pyridine rings is 1. The van der Waals surface area contributed by atoms with Crippen molar-refractivity contribution in [3.05, 3.63) is 60.1 Å². The Morgan fingerprint density at radius 3 is 2.83 bits per heavy atom. The van der Waals surface area contributed by atoms with Gasteiger partial charge in [-0.25, -0.2) is 4.39 Å². The molecule has 0 bridgehead atoms. The number of aromatic nitrogens is 1. The molecule has 4 atom stereocenters. The van der Waals surface area contributed by atoms with Crippen LogP contribution in [0, 0.1) is 23.6 Å². The van der Waals surface area contributed by atoms with Crippen molar-refractivity contribution >= 4 is 12.0 Å². The molecule has 3 aliphatic rings. The molecule has 1 aromatic carbocycles. The zero-order valence-corrected chi connectivity index (χ0v) is 16.6. The van der Waals surface area contributed by atoms with E-state index in [-0.39, 0.29) is 5.82 Å². The average Bonchev–Trinajstić information content (AvgIpc) is 3.12. The molecule has 0 spiro atoms. The smallest absolute Gasteiger partial charge is 0.222 e. The van der Waals surface area contributed by atoms with Crippen molar-refractivity contribution in [1.82, 2.24) is 9.88 Å². The summed E-state index contributed by atoms with van der Waals surface area (Å²) < 4.78 is 13.5. The highest BCUT2D eigenvalue weighted by Crippen LogP contribution is 2.46. The van der Waals surface area contributed by atoms with Crippen molar-refractivity contribution in [3.63, 3.8) is 0 Å². The number of carbonyl (C=O) groups excluding carboxylic acids is 1. The number of halogens is 1. The van der Waals surface area contributed by atoms with Crippen molar-refractivity contribution < 1.29 is 9.18 Å². The zero-order chi connectivity index (χ0) is 19.8. The summed E-state index contributed by atoms with van der Waals surface area (Å²) in [5.74, 6) is 1.90. The summed E-state index contributed by atoms with van der Waals surface area (Å²) in [5.41, 5.74) is 2.62. The van der Waals surface area contributed by atoms with Gasteiger partial charge in [0.05, 0.1) is 5.69 Å². The number of carbonyl (C=O) groups is 1. The van der Waals surface area contributed by atoms with Gasteiger partial charge in [0.2, 0.25) is 5.91 Å². The summed E-state index contributed by atoms with van der Waals surface area (Å²) in [6.45, 7) is 0.975. The number of nitrogens with zero attached hydrogens (tertiary/aromatic N) is 2. The SMILES string of the molecule is O=C1CC[C@@H]2C(C=Cc3ccc(-c4cccc(F)c4)nc3)C3CCCCC3CN12. The van der Waals surface area contributed by atoms with Gasteiger partial charge >= 0.3 is 0 Å². The number of benzene rings is 1. The third-order valence-electron chi connectivity index (χ3n) is 7.13. The molecule has 2 aliphatic heterocycles. The largest absolute Gasteiger partial charge is 0.339 e. The maximum Gasteiger partial charge on any atom is 0.222 e. The van der Waals surface area contributed by atoms with E-state index in [1.165, 1.54) is 37.8 Å². The molecule has 2 saturated heterocycles. The minimum atomic E-state index is -0.247. The van der Waals surface area contributed by atoms with E-state index in [9.17, 15) is 9.18 Å². The van der Waals surface area contributed by atoms with Crippen molar-refractivity contribution in [2.45, 2.75) is 44.6 Å². The molecule has 0 N–H and O–H groups in total. The number of fused-ring (bicyclic) bond motifs is 2. The Labute approximate surface area is 171 Å². The number of amides is 1. The summed E-state index contributed by atoms with van der Waals surface area (Å²) >= 11 is 0. The molecule has 1 aromatic heterocycles. The molecule has 3 fully saturated rings. The molecule has 4 heteroatoms. The van der Waals surface area contributed by atoms with Crippen molar-refractivity contribution in [1.29, 1.82) is 0 Å². The minimum absolute atomic E-state index is 0.247. The Kier molecular flexibility index (Phi) is 4.94. The Morgan fingerprint density at radius 2 is 2.00 bits per heavy atom. The van der Waals surface area contributed by atoms with E-state index in [1.807, 2.05) is 24.4 Å². The van der Waals surface area contributed by atoms with E-state index in [1.54, 1.807) is 6.07 Å². The lowest BCUT2D eigenvalue weighted by Crippen LogP contribution is -2.51. The number of piperidine rings is 1. The Balaban J connectivity index is 1.37. The lowest BCUT2D eigenvalue weighted by Gasteiger charge is -2.48. The van der Waals surface area contributed by atoms with E-state index in [0.717, 1.165) is 29.8 Å². The molecule has 3 unspecified atom stereocenters. The van der Waals surface area contributed by atoms with Crippen LogP contribution in [0.1, 0.15) is 44.1 Å². The van der Waals surface area contributed by atoms with Crippen molar-refractivity contribution in [2.24, 2.45) is 17.8 Å². The molecule has 0 radical (unpaired) electrons. The third-order valence-corrected chi connectivity index (χ3v) is 7.13. The van der Waals surface area contributed by atoms with Gasteiger partial charge in [0.1, 0.15) is 5.82 Å². The molecule has 3 nitrogen and oxygen atoms in total. The quantitative estimate of drug-likeness (QED) is 0.710. The monoisotopic (exact) mass is 390 g/mol. The second kappa shape index (κ2) is 7.74. The molecular weight excluding hydrogens is 363 g/mol. The predicted octanol–water partition coefficient (Wildman–Crippen LogP) is 5.33. The van der Waals surface area contributed by atoms with Gasteiger partial charge < -0.3 is 4.90 Å². The summed E-state index contributed by atoms with van der Waals surface area (Å²) in [5, 5.41) is 0. The molecule has 5 rings (SSSR count). The molecule has 1 amide bonds. The maximum atomic E-state index is 13.5. The molecule has 150 valence electrons. The molecule has 1 saturated carbocycles. The van der Waals surface area contributed by atoms with Crippen LogP contribution in [0.4, 0.5) is 4.39 Å². The van der Waals surface area contributed by atoms with Gasteiger partial charge in [-0.3, -0.25) is 9.78 Å². The van der Waals surface area contributed by atoms with Crippen LogP contribution in [0.3, 0.4) is 0 Å². The fourth-order valence-electron chi connectivity index (χ4n) is 5.72. The van der Waals surface area contributed by atoms with Gasteiger partial charge in [0.15, 0.2) is 0 Å². The van der Waals surface area contributed by atoms with Gasteiger partial charge in [-0.05, 0) is 54.9 Å². The average molecular weight is 391 g/mol. The van der Waals surface area contributed by atoms with E-state index in [4.69, 9.17) is 0 Å². The highest BCUT2D eigenvalue weighted by atomic mass is 19.1. The second-order valence-corrected chi connectivity index (χ2v) is 8.78. The van der Waals surface area contributed by atoms with Crippen LogP contribution in [-0.2, 0) is 4.79 Å². The van der Waals surface area contributed by atoms with E-state index in [2.05, 4.69) is 22.0 Å². The third kappa shape index (κ3) is 3.61. The van der Waals surface area contributed by atoms with E-state index >= 15 is 0 Å². The predicted molar refractivity (Wildman–Crippen MR) is 112 cm³/mol. The van der Waals surface area contributed by atoms with Crippen molar-refractivity contribution in [2.75, 3.05) is 6.54 Å².